The minimum absolute atomic E-state index is 0.00408. The van der Waals surface area contributed by atoms with Crippen LogP contribution in [0.3, 0.4) is 0 Å². The Morgan fingerprint density at radius 1 is 0.268 bits per heavy atom. The van der Waals surface area contributed by atoms with E-state index in [1.54, 1.807) is 0 Å². The van der Waals surface area contributed by atoms with E-state index in [2.05, 4.69) is 0 Å². The zero-order valence-electron chi connectivity index (χ0n) is 38.1. The van der Waals surface area contributed by atoms with Crippen LogP contribution < -0.4 is 22.6 Å². The molecule has 0 radical (unpaired) electrons. The lowest BCUT2D eigenvalue weighted by molar-refractivity contribution is -0.961. The molecule has 1 unspecified atom stereocenters. The molecular formula is C49H11AlF31N. The van der Waals surface area contributed by atoms with Gasteiger partial charge in [-0.05, 0) is 24.3 Å². The molecule has 1 atom stereocenters. The van der Waals surface area contributed by atoms with Gasteiger partial charge in [-0.3, -0.25) is 0 Å². The average molecular weight is 1230 g/mol. The summed E-state index contributed by atoms with van der Waals surface area (Å²) in [5, 5.41) is -15.9. The Balaban J connectivity index is 0.000000354. The third-order valence-corrected chi connectivity index (χ3v) is 18.7. The third-order valence-electron chi connectivity index (χ3n) is 13.0. The van der Waals surface area contributed by atoms with Crippen molar-refractivity contribution in [3.63, 3.8) is 0 Å². The van der Waals surface area contributed by atoms with Gasteiger partial charge in [0.2, 0.25) is 41.6 Å². The van der Waals surface area contributed by atoms with Gasteiger partial charge in [-0.1, -0.05) is 45.8 Å². The lowest BCUT2D eigenvalue weighted by Crippen LogP contribution is -3.16. The Morgan fingerprint density at radius 2 is 0.476 bits per heavy atom. The summed E-state index contributed by atoms with van der Waals surface area (Å²) in [4.78, 5) is -2.91. The molecule has 0 aliphatic heterocycles. The van der Waals surface area contributed by atoms with Crippen LogP contribution in [0, 0.1) is 145 Å². The fraction of sp³-hybridized carbons (Fsp3) is 0.0612. The number of alkyl halides is 6. The van der Waals surface area contributed by atoms with Crippen molar-refractivity contribution in [1.82, 2.24) is 0 Å². The predicted molar refractivity (Wildman–Crippen MR) is 223 cm³/mol. The number of nitrogens with one attached hydrogen (secondary N) is 1. The second kappa shape index (κ2) is 20.6. The number of quaternary nitrogens is 1. The fourth-order valence-electron chi connectivity index (χ4n) is 9.64. The van der Waals surface area contributed by atoms with Crippen LogP contribution in [0.5, 0.6) is 0 Å². The minimum atomic E-state index is -8.35. The molecule has 0 aliphatic carbocycles. The second-order valence-electron chi connectivity index (χ2n) is 17.1. The standard InChI is InChI=1S/4C10H2F5.C9H2F11N.Al/c4*11-5-2-1-4-3-6(12)9(14)10(15)7(4)8(5)13;10-1-21(9(19,20)8(16,17)18)7-5(14)3(12)2(11)4(13)6(7)15;/h4*1-2H;1H2;/q;;;;;-1/p+1. The van der Waals surface area contributed by atoms with Crippen molar-refractivity contribution in [1.29, 1.82) is 0 Å². The van der Waals surface area contributed by atoms with E-state index in [4.69, 9.17) is 0 Å². The predicted octanol–water partition coefficient (Wildman–Crippen LogP) is 13.4. The zero-order chi connectivity index (χ0) is 61.4. The third kappa shape index (κ3) is 8.40. The molecule has 0 heterocycles. The maximum Gasteiger partial charge on any atom is 0.515 e. The summed E-state index contributed by atoms with van der Waals surface area (Å²) in [5.41, 5.74) is -2.64. The van der Waals surface area contributed by atoms with Crippen LogP contribution >= 0.6 is 0 Å². The quantitative estimate of drug-likeness (QED) is 0.0533. The molecule has 0 bridgehead atoms. The lowest BCUT2D eigenvalue weighted by atomic mass is 10.1. The number of halogens is 31. The fourth-order valence-corrected chi connectivity index (χ4v) is 16.2. The average Bonchev–Trinajstić information content (AvgIpc) is 0.715. The Hall–Kier alpha value is -7.66. The highest BCUT2D eigenvalue weighted by molar-refractivity contribution is 7.23. The van der Waals surface area contributed by atoms with Crippen molar-refractivity contribution in [3.8, 4) is 0 Å². The van der Waals surface area contributed by atoms with E-state index in [-0.39, 0.29) is 48.5 Å². The van der Waals surface area contributed by atoms with E-state index in [0.29, 0.717) is 0 Å². The van der Waals surface area contributed by atoms with Crippen LogP contribution in [0.2, 0.25) is 0 Å². The highest BCUT2D eigenvalue weighted by Crippen LogP contribution is 2.39. The van der Waals surface area contributed by atoms with Crippen LogP contribution in [-0.2, 0) is 0 Å². The molecule has 0 saturated heterocycles. The number of hydrogen-bond acceptors (Lipinski definition) is 0. The Morgan fingerprint density at radius 3 is 0.683 bits per heavy atom. The molecule has 9 aromatic carbocycles. The lowest BCUT2D eigenvalue weighted by Gasteiger charge is -2.44. The van der Waals surface area contributed by atoms with E-state index in [9.17, 15) is 65.9 Å². The molecular weight excluding hydrogens is 1220 g/mol. The monoisotopic (exact) mass is 1230 g/mol. The van der Waals surface area contributed by atoms with Crippen molar-refractivity contribution >= 4 is 79.6 Å². The summed E-state index contributed by atoms with van der Waals surface area (Å²) in [6.07, 6.45) is -6.49. The first-order valence-electron chi connectivity index (χ1n) is 21.3. The summed E-state index contributed by atoms with van der Waals surface area (Å²) in [6, 6.07) is -6.44. The smallest absolute Gasteiger partial charge is 0.208 e. The van der Waals surface area contributed by atoms with E-state index >= 15 is 70.2 Å². The molecule has 9 rings (SSSR count). The zero-order valence-corrected chi connectivity index (χ0v) is 39.3. The van der Waals surface area contributed by atoms with Crippen molar-refractivity contribution in [2.75, 3.05) is 6.80 Å². The van der Waals surface area contributed by atoms with Crippen LogP contribution in [0.25, 0.3) is 43.1 Å². The molecule has 9 aromatic rings. The first-order chi connectivity index (χ1) is 38.0. The summed E-state index contributed by atoms with van der Waals surface area (Å²) in [6.45, 7) is -2.79. The molecule has 0 amide bonds. The molecule has 0 spiro atoms. The summed E-state index contributed by atoms with van der Waals surface area (Å²) >= 11 is -8.35. The first-order valence-corrected chi connectivity index (χ1v) is 23.6. The van der Waals surface area contributed by atoms with Crippen molar-refractivity contribution < 1.29 is 141 Å². The summed E-state index contributed by atoms with van der Waals surface area (Å²) in [7, 11) is 0. The van der Waals surface area contributed by atoms with Gasteiger partial charge in [0, 0.05) is 0 Å². The van der Waals surface area contributed by atoms with Gasteiger partial charge in [0.1, 0.15) is 23.3 Å². The molecule has 0 saturated carbocycles. The highest BCUT2D eigenvalue weighted by Gasteiger charge is 2.68. The van der Waals surface area contributed by atoms with E-state index in [1.165, 1.54) is 0 Å². The summed E-state index contributed by atoms with van der Waals surface area (Å²) in [5.74, 6) is -68.6. The van der Waals surface area contributed by atoms with Gasteiger partial charge in [0.25, 0.3) is 13.1 Å². The van der Waals surface area contributed by atoms with E-state index < -0.39 is 249 Å². The Labute approximate surface area is 432 Å². The molecule has 432 valence electrons. The minimum Gasteiger partial charge on any atom is -0.208 e. The maximum atomic E-state index is 17.3. The number of fused-ring (bicyclic) bond motifs is 4. The molecule has 33 heteroatoms. The second-order valence-corrected chi connectivity index (χ2v) is 21.1. The molecule has 82 heavy (non-hydrogen) atoms. The molecule has 1 nitrogen and oxygen atoms in total. The summed E-state index contributed by atoms with van der Waals surface area (Å²) < 4.78 is 448. The Kier molecular flexibility index (Phi) is 15.2. The van der Waals surface area contributed by atoms with Crippen LogP contribution in [0.15, 0.2) is 48.5 Å². The van der Waals surface area contributed by atoms with Crippen LogP contribution in [0.4, 0.5) is 142 Å². The van der Waals surface area contributed by atoms with Gasteiger partial charge in [-0.25, -0.2) is 106 Å². The molecule has 1 N–H and O–H groups in total. The van der Waals surface area contributed by atoms with Crippen LogP contribution in [0.1, 0.15) is 0 Å². The first kappa shape index (κ1) is 60.4. The van der Waals surface area contributed by atoms with Gasteiger partial charge in [-0.2, -0.15) is 44.0 Å². The van der Waals surface area contributed by atoms with Gasteiger partial charge >= 0.3 is 12.2 Å². The van der Waals surface area contributed by atoms with Gasteiger partial charge in [-0.15, -0.1) is 8.78 Å². The van der Waals surface area contributed by atoms with Crippen molar-refractivity contribution in [2.45, 2.75) is 12.2 Å². The SMILES string of the molecule is FC[NH+](c1c(F)c(F)c(F)c(F)c1F)C(F)(F)C(F)(F)F.Fc1ccc2[c]([Al-]([c]3c(F)c(F)c(F)c4c(F)c(F)ccc34)([c]3c(F)c(F)c(F)c4c(F)c(F)ccc34)[c]3c(F)c(F)c(F)c4c(F)c(F)ccc34)c(F)c(F)c(F)c2c1F. The number of rotatable bonds is 7. The Bertz CT molecular complexity index is 3780. The highest BCUT2D eigenvalue weighted by atomic mass is 27.2. The van der Waals surface area contributed by atoms with E-state index in [1.807, 2.05) is 0 Å². The van der Waals surface area contributed by atoms with Crippen molar-refractivity contribution in [3.05, 3.63) is 194 Å². The maximum absolute atomic E-state index is 17.3. The largest absolute Gasteiger partial charge is 0.515 e. The van der Waals surface area contributed by atoms with Crippen molar-refractivity contribution in [2.24, 2.45) is 0 Å². The number of hydrogen-bond donors (Lipinski definition) is 1. The van der Waals surface area contributed by atoms with Crippen LogP contribution in [-0.4, -0.2) is 32.1 Å². The normalized spacial score (nSPS) is 12.8. The van der Waals surface area contributed by atoms with E-state index in [0.717, 1.165) is 0 Å². The van der Waals surface area contributed by atoms with Gasteiger partial charge in [0.15, 0.2) is 93.1 Å². The topological polar surface area (TPSA) is 4.44 Å². The molecule has 0 fully saturated rings. The molecule has 0 aliphatic rings. The molecule has 0 aromatic heterocycles. The van der Waals surface area contributed by atoms with Gasteiger partial charge in [0.05, 0.1) is 21.5 Å². The van der Waals surface area contributed by atoms with Gasteiger partial charge < -0.3 is 0 Å². The number of benzene rings is 9.